The van der Waals surface area contributed by atoms with E-state index >= 15 is 0 Å². The van der Waals surface area contributed by atoms with Gasteiger partial charge in [-0.05, 0) is 49.4 Å². The van der Waals surface area contributed by atoms with Crippen LogP contribution in [-0.2, 0) is 11.8 Å². The van der Waals surface area contributed by atoms with Crippen molar-refractivity contribution >= 4 is 27.8 Å². The summed E-state index contributed by atoms with van der Waals surface area (Å²) >= 11 is 0. The van der Waals surface area contributed by atoms with Gasteiger partial charge in [0.15, 0.2) is 0 Å². The predicted octanol–water partition coefficient (Wildman–Crippen LogP) is 3.66. The highest BCUT2D eigenvalue weighted by molar-refractivity contribution is 5.96. The van der Waals surface area contributed by atoms with Gasteiger partial charge in [0, 0.05) is 38.9 Å². The van der Waals surface area contributed by atoms with E-state index in [4.69, 9.17) is 9.72 Å². The van der Waals surface area contributed by atoms with Crippen LogP contribution in [0.4, 0.5) is 5.69 Å². The fourth-order valence-electron chi connectivity index (χ4n) is 4.79. The van der Waals surface area contributed by atoms with Crippen LogP contribution in [0.1, 0.15) is 43.1 Å². The van der Waals surface area contributed by atoms with Crippen LogP contribution in [0.25, 0.3) is 33.5 Å². The highest BCUT2D eigenvalue weighted by atomic mass is 16.5. The SMILES string of the molecule is C[C@H](Nc1c(-c2nc3ccc(C4CCOCC4)cc3[nH]2)c(=O)[nH]c2cn(C)nc12)c1ncccn1. The normalized spacial score (nSPS) is 15.6. The molecule has 0 amide bonds. The first-order chi connectivity index (χ1) is 17.1. The van der Waals surface area contributed by atoms with Gasteiger partial charge in [-0.3, -0.25) is 9.48 Å². The molecular formula is C25H26N8O2. The number of H-pyrrole nitrogens is 2. The molecule has 1 aliphatic rings. The van der Waals surface area contributed by atoms with Crippen LogP contribution in [0, 0.1) is 0 Å². The number of benzene rings is 1. The standard InChI is InChI=1S/C25H26N8O2/c1-14(23-26-8-3-9-27-23)28-22-20(25(34)31-19-13-33(2)32-21(19)22)24-29-17-5-4-16(12-18(17)30-24)15-6-10-35-11-7-15/h3-5,8-9,12-15,28H,6-7,10-11H2,1-2H3,(H,29,30)(H,31,34)/t14-/m0/s1. The Morgan fingerprint density at radius 3 is 2.74 bits per heavy atom. The molecule has 4 aromatic heterocycles. The zero-order valence-corrected chi connectivity index (χ0v) is 19.6. The van der Waals surface area contributed by atoms with Gasteiger partial charge in [0.25, 0.3) is 5.56 Å². The molecule has 1 aromatic carbocycles. The Labute approximate surface area is 200 Å². The van der Waals surface area contributed by atoms with Gasteiger partial charge in [-0.15, -0.1) is 0 Å². The summed E-state index contributed by atoms with van der Waals surface area (Å²) in [7, 11) is 1.82. The number of anilines is 1. The number of aryl methyl sites for hydroxylation is 1. The summed E-state index contributed by atoms with van der Waals surface area (Å²) in [6, 6.07) is 7.80. The molecule has 3 N–H and O–H groups in total. The molecule has 1 atom stereocenters. The number of fused-ring (bicyclic) bond motifs is 2. The smallest absolute Gasteiger partial charge is 0.261 e. The van der Waals surface area contributed by atoms with E-state index in [1.165, 1.54) is 5.56 Å². The number of nitrogens with zero attached hydrogens (tertiary/aromatic N) is 5. The summed E-state index contributed by atoms with van der Waals surface area (Å²) in [5.74, 6) is 1.58. The summed E-state index contributed by atoms with van der Waals surface area (Å²) in [6.07, 6.45) is 7.20. The summed E-state index contributed by atoms with van der Waals surface area (Å²) in [4.78, 5) is 33.2. The molecule has 0 bridgehead atoms. The van der Waals surface area contributed by atoms with E-state index in [2.05, 4.69) is 42.5 Å². The lowest BCUT2D eigenvalue weighted by molar-refractivity contribution is 0.0853. The van der Waals surface area contributed by atoms with E-state index in [0.29, 0.717) is 39.9 Å². The van der Waals surface area contributed by atoms with Crippen LogP contribution < -0.4 is 10.9 Å². The molecule has 1 fully saturated rings. The number of pyridine rings is 1. The fraction of sp³-hybridized carbons (Fsp3) is 0.320. The van der Waals surface area contributed by atoms with E-state index in [-0.39, 0.29) is 11.6 Å². The third kappa shape index (κ3) is 3.95. The maximum Gasteiger partial charge on any atom is 0.261 e. The van der Waals surface area contributed by atoms with E-state index in [1.54, 1.807) is 29.3 Å². The molecule has 10 nitrogen and oxygen atoms in total. The Morgan fingerprint density at radius 1 is 1.14 bits per heavy atom. The van der Waals surface area contributed by atoms with E-state index in [0.717, 1.165) is 37.1 Å². The van der Waals surface area contributed by atoms with Gasteiger partial charge in [0.05, 0.1) is 28.3 Å². The molecule has 178 valence electrons. The number of ether oxygens (including phenoxy) is 1. The third-order valence-corrected chi connectivity index (χ3v) is 6.56. The van der Waals surface area contributed by atoms with Crippen molar-refractivity contribution in [3.05, 3.63) is 64.6 Å². The first-order valence-corrected chi connectivity index (χ1v) is 11.8. The Hall–Kier alpha value is -4.05. The predicted molar refractivity (Wildman–Crippen MR) is 133 cm³/mol. The van der Waals surface area contributed by atoms with Gasteiger partial charge >= 0.3 is 0 Å². The fourth-order valence-corrected chi connectivity index (χ4v) is 4.79. The van der Waals surface area contributed by atoms with Crippen LogP contribution in [0.3, 0.4) is 0 Å². The van der Waals surface area contributed by atoms with Crippen molar-refractivity contribution in [1.29, 1.82) is 0 Å². The molecule has 0 radical (unpaired) electrons. The lowest BCUT2D eigenvalue weighted by Gasteiger charge is -2.22. The summed E-state index contributed by atoms with van der Waals surface area (Å²) < 4.78 is 7.19. The van der Waals surface area contributed by atoms with E-state index in [9.17, 15) is 4.79 Å². The largest absolute Gasteiger partial charge is 0.381 e. The van der Waals surface area contributed by atoms with Crippen molar-refractivity contribution in [3.8, 4) is 11.4 Å². The van der Waals surface area contributed by atoms with Crippen LogP contribution in [0.2, 0.25) is 0 Å². The Balaban J connectivity index is 1.47. The quantitative estimate of drug-likeness (QED) is 0.358. The lowest BCUT2D eigenvalue weighted by atomic mass is 9.91. The van der Waals surface area contributed by atoms with Gasteiger partial charge in [-0.25, -0.2) is 15.0 Å². The summed E-state index contributed by atoms with van der Waals surface area (Å²) in [5, 5.41) is 8.04. The molecule has 0 unspecified atom stereocenters. The molecule has 5 aromatic rings. The van der Waals surface area contributed by atoms with Crippen molar-refractivity contribution in [2.45, 2.75) is 31.7 Å². The molecule has 0 saturated carbocycles. The summed E-state index contributed by atoms with van der Waals surface area (Å²) in [6.45, 7) is 3.53. The minimum atomic E-state index is -0.258. The number of imidazole rings is 1. The van der Waals surface area contributed by atoms with Crippen molar-refractivity contribution in [2.75, 3.05) is 18.5 Å². The lowest BCUT2D eigenvalue weighted by Crippen LogP contribution is -2.17. The van der Waals surface area contributed by atoms with Crippen LogP contribution >= 0.6 is 0 Å². The van der Waals surface area contributed by atoms with Gasteiger partial charge in [0.2, 0.25) is 0 Å². The minimum Gasteiger partial charge on any atom is -0.381 e. The van der Waals surface area contributed by atoms with Crippen molar-refractivity contribution in [3.63, 3.8) is 0 Å². The topological polar surface area (TPSA) is 126 Å². The molecule has 5 heterocycles. The minimum absolute atomic E-state index is 0.252. The molecular weight excluding hydrogens is 444 g/mol. The Morgan fingerprint density at radius 2 is 1.94 bits per heavy atom. The highest BCUT2D eigenvalue weighted by Gasteiger charge is 2.23. The first kappa shape index (κ1) is 21.5. The second-order valence-electron chi connectivity index (χ2n) is 8.99. The Kier molecular flexibility index (Phi) is 5.29. The van der Waals surface area contributed by atoms with Gasteiger partial charge in [-0.2, -0.15) is 5.10 Å². The average Bonchev–Trinajstić information content (AvgIpc) is 3.47. The van der Waals surface area contributed by atoms with E-state index < -0.39 is 0 Å². The van der Waals surface area contributed by atoms with Gasteiger partial charge in [-0.1, -0.05) is 6.07 Å². The maximum absolute atomic E-state index is 13.3. The molecule has 10 heteroatoms. The van der Waals surface area contributed by atoms with Crippen LogP contribution in [-0.4, -0.2) is 47.9 Å². The first-order valence-electron chi connectivity index (χ1n) is 11.8. The van der Waals surface area contributed by atoms with Crippen molar-refractivity contribution in [2.24, 2.45) is 7.05 Å². The number of rotatable bonds is 5. The number of hydrogen-bond acceptors (Lipinski definition) is 7. The number of nitrogens with one attached hydrogen (secondary N) is 3. The van der Waals surface area contributed by atoms with Gasteiger partial charge in [0.1, 0.15) is 22.7 Å². The molecule has 6 rings (SSSR count). The molecule has 1 saturated heterocycles. The maximum atomic E-state index is 13.3. The second kappa shape index (κ2) is 8.62. The second-order valence-corrected chi connectivity index (χ2v) is 8.99. The zero-order chi connectivity index (χ0) is 23.9. The summed E-state index contributed by atoms with van der Waals surface area (Å²) in [5.41, 5.74) is 5.00. The number of aromatic nitrogens is 7. The monoisotopic (exact) mass is 470 g/mol. The van der Waals surface area contributed by atoms with Gasteiger partial charge < -0.3 is 20.0 Å². The molecule has 0 aliphatic carbocycles. The highest BCUT2D eigenvalue weighted by Crippen LogP contribution is 2.33. The molecule has 0 spiro atoms. The van der Waals surface area contributed by atoms with Crippen molar-refractivity contribution in [1.82, 2.24) is 34.7 Å². The number of aromatic amines is 2. The van der Waals surface area contributed by atoms with Crippen molar-refractivity contribution < 1.29 is 4.74 Å². The number of hydrogen-bond donors (Lipinski definition) is 3. The van der Waals surface area contributed by atoms with E-state index in [1.807, 2.05) is 20.0 Å². The molecule has 35 heavy (non-hydrogen) atoms. The van der Waals surface area contributed by atoms with Crippen LogP contribution in [0.15, 0.2) is 47.7 Å². The zero-order valence-electron chi connectivity index (χ0n) is 19.6. The average molecular weight is 471 g/mol. The Bertz CT molecular complexity index is 1560. The third-order valence-electron chi connectivity index (χ3n) is 6.56. The molecule has 1 aliphatic heterocycles. The van der Waals surface area contributed by atoms with Crippen LogP contribution in [0.5, 0.6) is 0 Å².